The number of hydrogen-bond donors (Lipinski definition) is 1. The second kappa shape index (κ2) is 4.44. The Labute approximate surface area is 128 Å². The second-order valence-electron chi connectivity index (χ2n) is 4.70. The van der Waals surface area contributed by atoms with Crippen LogP contribution in [0.15, 0.2) is 41.8 Å². The zero-order valence-electron chi connectivity index (χ0n) is 10.7. The number of benzene rings is 2. The van der Waals surface area contributed by atoms with Gasteiger partial charge in [-0.25, -0.2) is 9.37 Å². The van der Waals surface area contributed by atoms with Crippen molar-refractivity contribution in [2.75, 3.05) is 5.73 Å². The molecular formula is C15H9ClFN3S. The molecule has 2 heterocycles. The number of thiophene rings is 1. The first-order valence-corrected chi connectivity index (χ1v) is 7.50. The summed E-state index contributed by atoms with van der Waals surface area (Å²) in [5.74, 6) is -0.191. The molecule has 4 rings (SSSR count). The average molecular weight is 318 g/mol. The first kappa shape index (κ1) is 12.6. The summed E-state index contributed by atoms with van der Waals surface area (Å²) in [5.41, 5.74) is 8.05. The molecule has 0 unspecified atom stereocenters. The standard InChI is InChI=1S/C15H9ClFN3S/c16-10-6-13-12(7-11(10)17)19-15(18)20(13)9-1-2-14-8(5-9)3-4-21-14/h1-7H,(H2,18,19). The Morgan fingerprint density at radius 3 is 2.90 bits per heavy atom. The number of fused-ring (bicyclic) bond motifs is 2. The van der Waals surface area contributed by atoms with Crippen molar-refractivity contribution in [3.8, 4) is 5.69 Å². The fourth-order valence-corrected chi connectivity index (χ4v) is 3.38. The highest BCUT2D eigenvalue weighted by molar-refractivity contribution is 7.17. The molecule has 0 radical (unpaired) electrons. The summed E-state index contributed by atoms with van der Waals surface area (Å²) in [6.45, 7) is 0. The van der Waals surface area contributed by atoms with Crippen LogP contribution in [0.25, 0.3) is 26.8 Å². The number of rotatable bonds is 1. The van der Waals surface area contributed by atoms with Crippen LogP contribution in [-0.4, -0.2) is 9.55 Å². The number of nitrogens with zero attached hydrogens (tertiary/aromatic N) is 2. The van der Waals surface area contributed by atoms with E-state index in [1.54, 1.807) is 22.0 Å². The van der Waals surface area contributed by atoms with Crippen LogP contribution in [0.4, 0.5) is 10.3 Å². The maximum atomic E-state index is 13.5. The summed E-state index contributed by atoms with van der Waals surface area (Å²) in [6.07, 6.45) is 0. The van der Waals surface area contributed by atoms with Crippen molar-refractivity contribution in [3.63, 3.8) is 0 Å². The van der Waals surface area contributed by atoms with Crippen molar-refractivity contribution in [1.29, 1.82) is 0 Å². The van der Waals surface area contributed by atoms with Gasteiger partial charge in [0.1, 0.15) is 5.82 Å². The average Bonchev–Trinajstić information content (AvgIpc) is 3.02. The van der Waals surface area contributed by atoms with Crippen molar-refractivity contribution < 1.29 is 4.39 Å². The van der Waals surface area contributed by atoms with Gasteiger partial charge in [0.15, 0.2) is 0 Å². The lowest BCUT2D eigenvalue weighted by atomic mass is 10.2. The van der Waals surface area contributed by atoms with Gasteiger partial charge in [-0.3, -0.25) is 4.57 Å². The molecule has 6 heteroatoms. The van der Waals surface area contributed by atoms with Crippen LogP contribution >= 0.6 is 22.9 Å². The number of nitrogens with two attached hydrogens (primary N) is 1. The van der Waals surface area contributed by atoms with Gasteiger partial charge in [0.25, 0.3) is 0 Å². The van der Waals surface area contributed by atoms with Crippen LogP contribution in [0.2, 0.25) is 5.02 Å². The van der Waals surface area contributed by atoms with E-state index < -0.39 is 5.82 Å². The van der Waals surface area contributed by atoms with Gasteiger partial charge < -0.3 is 5.73 Å². The Balaban J connectivity index is 2.04. The number of imidazole rings is 1. The summed E-state index contributed by atoms with van der Waals surface area (Å²) in [6, 6.07) is 10.9. The SMILES string of the molecule is Nc1nc2cc(F)c(Cl)cc2n1-c1ccc2sccc2c1. The Bertz CT molecular complexity index is 989. The Morgan fingerprint density at radius 1 is 1.19 bits per heavy atom. The minimum atomic E-state index is -0.498. The van der Waals surface area contributed by atoms with Gasteiger partial charge in [0, 0.05) is 16.5 Å². The van der Waals surface area contributed by atoms with Gasteiger partial charge in [0.05, 0.1) is 16.1 Å². The quantitative estimate of drug-likeness (QED) is 0.557. The topological polar surface area (TPSA) is 43.8 Å². The van der Waals surface area contributed by atoms with Gasteiger partial charge in [-0.05, 0) is 41.1 Å². The van der Waals surface area contributed by atoms with Gasteiger partial charge in [-0.2, -0.15) is 0 Å². The van der Waals surface area contributed by atoms with Crippen molar-refractivity contribution in [2.24, 2.45) is 0 Å². The predicted octanol–water partition coefficient (Wildman–Crippen LogP) is 4.61. The summed E-state index contributed by atoms with van der Waals surface area (Å²) >= 11 is 7.56. The third-order valence-corrected chi connectivity index (χ3v) is 4.60. The number of hydrogen-bond acceptors (Lipinski definition) is 3. The molecule has 0 saturated heterocycles. The van der Waals surface area contributed by atoms with Crippen LogP contribution in [0.5, 0.6) is 0 Å². The van der Waals surface area contributed by atoms with E-state index in [0.717, 1.165) is 11.1 Å². The van der Waals surface area contributed by atoms with E-state index in [-0.39, 0.29) is 5.02 Å². The molecule has 3 nitrogen and oxygen atoms in total. The molecule has 0 spiro atoms. The molecule has 21 heavy (non-hydrogen) atoms. The molecule has 104 valence electrons. The number of aromatic nitrogens is 2. The molecule has 0 aliphatic rings. The predicted molar refractivity (Wildman–Crippen MR) is 85.8 cm³/mol. The minimum absolute atomic E-state index is 0.0558. The molecule has 0 fully saturated rings. The highest BCUT2D eigenvalue weighted by atomic mass is 35.5. The molecule has 0 aliphatic carbocycles. The largest absolute Gasteiger partial charge is 0.369 e. The molecule has 0 atom stereocenters. The van der Waals surface area contributed by atoms with E-state index in [1.807, 2.05) is 29.6 Å². The zero-order valence-corrected chi connectivity index (χ0v) is 12.2. The van der Waals surface area contributed by atoms with Crippen LogP contribution < -0.4 is 5.73 Å². The van der Waals surface area contributed by atoms with Crippen LogP contribution in [0, 0.1) is 5.82 Å². The van der Waals surface area contributed by atoms with Gasteiger partial charge >= 0.3 is 0 Å². The van der Waals surface area contributed by atoms with Crippen molar-refractivity contribution in [2.45, 2.75) is 0 Å². The smallest absolute Gasteiger partial charge is 0.205 e. The van der Waals surface area contributed by atoms with E-state index in [0.29, 0.717) is 17.0 Å². The highest BCUT2D eigenvalue weighted by Crippen LogP contribution is 2.30. The molecule has 4 aromatic rings. The maximum Gasteiger partial charge on any atom is 0.205 e. The first-order chi connectivity index (χ1) is 10.1. The van der Waals surface area contributed by atoms with Crippen molar-refractivity contribution in [3.05, 3.63) is 52.6 Å². The third kappa shape index (κ3) is 1.89. The lowest BCUT2D eigenvalue weighted by molar-refractivity contribution is 0.630. The number of anilines is 1. The van der Waals surface area contributed by atoms with Crippen LogP contribution in [0.3, 0.4) is 0 Å². The highest BCUT2D eigenvalue weighted by Gasteiger charge is 2.13. The minimum Gasteiger partial charge on any atom is -0.369 e. The van der Waals surface area contributed by atoms with Gasteiger partial charge in [0.2, 0.25) is 5.95 Å². The summed E-state index contributed by atoms with van der Waals surface area (Å²) in [4.78, 5) is 4.20. The van der Waals surface area contributed by atoms with Gasteiger partial charge in [-0.1, -0.05) is 11.6 Å². The van der Waals surface area contributed by atoms with E-state index in [4.69, 9.17) is 17.3 Å². The zero-order chi connectivity index (χ0) is 14.6. The summed E-state index contributed by atoms with van der Waals surface area (Å²) < 4.78 is 16.5. The number of halogens is 2. The molecule has 0 amide bonds. The Kier molecular flexibility index (Phi) is 2.67. The fourth-order valence-electron chi connectivity index (χ4n) is 2.46. The fraction of sp³-hybridized carbons (Fsp3) is 0. The molecule has 0 bridgehead atoms. The second-order valence-corrected chi connectivity index (χ2v) is 6.06. The number of nitrogen functional groups attached to an aromatic ring is 1. The lowest BCUT2D eigenvalue weighted by Crippen LogP contribution is -2.00. The Hall–Kier alpha value is -2.11. The van der Waals surface area contributed by atoms with Crippen LogP contribution in [-0.2, 0) is 0 Å². The van der Waals surface area contributed by atoms with E-state index in [2.05, 4.69) is 4.98 Å². The maximum absolute atomic E-state index is 13.5. The monoisotopic (exact) mass is 317 g/mol. The van der Waals surface area contributed by atoms with E-state index >= 15 is 0 Å². The lowest BCUT2D eigenvalue weighted by Gasteiger charge is -2.07. The summed E-state index contributed by atoms with van der Waals surface area (Å²) in [5, 5.41) is 3.23. The van der Waals surface area contributed by atoms with E-state index in [1.165, 1.54) is 10.8 Å². The van der Waals surface area contributed by atoms with E-state index in [9.17, 15) is 4.39 Å². The van der Waals surface area contributed by atoms with Crippen molar-refractivity contribution in [1.82, 2.24) is 9.55 Å². The molecule has 2 aromatic heterocycles. The first-order valence-electron chi connectivity index (χ1n) is 6.24. The normalized spacial score (nSPS) is 11.5. The molecule has 2 aromatic carbocycles. The molecule has 0 saturated carbocycles. The van der Waals surface area contributed by atoms with Gasteiger partial charge in [-0.15, -0.1) is 11.3 Å². The Morgan fingerprint density at radius 2 is 2.05 bits per heavy atom. The third-order valence-electron chi connectivity index (χ3n) is 3.42. The van der Waals surface area contributed by atoms with Crippen LogP contribution in [0.1, 0.15) is 0 Å². The van der Waals surface area contributed by atoms with Crippen molar-refractivity contribution >= 4 is 50.0 Å². The molecule has 0 aliphatic heterocycles. The molecule has 2 N–H and O–H groups in total. The molecular weight excluding hydrogens is 309 g/mol. The summed E-state index contributed by atoms with van der Waals surface area (Å²) in [7, 11) is 0.